The zero-order valence-electron chi connectivity index (χ0n) is 10.3. The van der Waals surface area contributed by atoms with Crippen LogP contribution in [0.25, 0.3) is 0 Å². The van der Waals surface area contributed by atoms with Crippen LogP contribution in [0, 0.1) is 11.8 Å². The molecule has 3 heteroatoms. The highest BCUT2D eigenvalue weighted by Crippen LogP contribution is 2.32. The quantitative estimate of drug-likeness (QED) is 0.871. The Hall–Kier alpha value is -1.51. The molecule has 0 bridgehead atoms. The van der Waals surface area contributed by atoms with E-state index in [4.69, 9.17) is 4.74 Å². The first kappa shape index (κ1) is 12.0. The van der Waals surface area contributed by atoms with Crippen molar-refractivity contribution in [1.29, 1.82) is 0 Å². The third-order valence-corrected chi connectivity index (χ3v) is 3.07. The van der Waals surface area contributed by atoms with E-state index in [-0.39, 0.29) is 12.2 Å². The number of carbonyl (C=O) groups is 1. The summed E-state index contributed by atoms with van der Waals surface area (Å²) in [5, 5.41) is 2.78. The summed E-state index contributed by atoms with van der Waals surface area (Å²) in [4.78, 5) is 11.3. The van der Waals surface area contributed by atoms with Crippen LogP contribution in [0.5, 0.6) is 0 Å². The molecule has 0 saturated carbocycles. The van der Waals surface area contributed by atoms with Crippen LogP contribution >= 0.6 is 0 Å². The lowest BCUT2D eigenvalue weighted by molar-refractivity contribution is 0.0287. The standard InChI is InChI=1S/C14H19NO2/c1-10(2)8-12-9-15-14(16)17-13(12)11-6-4-3-5-7-11/h3-7,10,12-13H,8-9H2,1-2H3,(H,15,16)/t12-,13+/m1/s1. The molecular formula is C14H19NO2. The van der Waals surface area contributed by atoms with Crippen LogP contribution in [0.15, 0.2) is 30.3 Å². The van der Waals surface area contributed by atoms with Crippen LogP contribution in [0.3, 0.4) is 0 Å². The molecule has 3 nitrogen and oxygen atoms in total. The SMILES string of the molecule is CC(C)C[C@@H]1CNC(=O)O[C@H]1c1ccccc1. The molecule has 92 valence electrons. The Morgan fingerprint density at radius 2 is 2.06 bits per heavy atom. The molecule has 1 aliphatic rings. The van der Waals surface area contributed by atoms with Crippen LogP contribution in [0.1, 0.15) is 31.9 Å². The van der Waals surface area contributed by atoms with E-state index in [1.165, 1.54) is 0 Å². The van der Waals surface area contributed by atoms with Crippen molar-refractivity contribution in [1.82, 2.24) is 5.32 Å². The van der Waals surface area contributed by atoms with Crippen LogP contribution < -0.4 is 5.32 Å². The first-order valence-electron chi connectivity index (χ1n) is 6.16. The predicted octanol–water partition coefficient (Wildman–Crippen LogP) is 3.13. The van der Waals surface area contributed by atoms with Crippen molar-refractivity contribution < 1.29 is 9.53 Å². The molecule has 0 spiro atoms. The van der Waals surface area contributed by atoms with E-state index in [0.717, 1.165) is 12.0 Å². The minimum absolute atomic E-state index is 0.104. The molecular weight excluding hydrogens is 214 g/mol. The average Bonchev–Trinajstić information content (AvgIpc) is 2.32. The minimum atomic E-state index is -0.307. The molecule has 1 saturated heterocycles. The summed E-state index contributed by atoms with van der Waals surface area (Å²) >= 11 is 0. The lowest BCUT2D eigenvalue weighted by atomic mass is 9.87. The van der Waals surface area contributed by atoms with Crippen LogP contribution in [-0.2, 0) is 4.74 Å². The van der Waals surface area contributed by atoms with Crippen molar-refractivity contribution in [3.63, 3.8) is 0 Å². The van der Waals surface area contributed by atoms with Crippen LogP contribution in [-0.4, -0.2) is 12.6 Å². The molecule has 2 atom stereocenters. The molecule has 1 aromatic rings. The van der Waals surface area contributed by atoms with Crippen LogP contribution in [0.2, 0.25) is 0 Å². The summed E-state index contributed by atoms with van der Waals surface area (Å²) in [7, 11) is 0. The molecule has 1 amide bonds. The Morgan fingerprint density at radius 1 is 1.35 bits per heavy atom. The second kappa shape index (κ2) is 5.21. The number of amides is 1. The number of carbonyl (C=O) groups excluding carboxylic acids is 1. The summed E-state index contributed by atoms with van der Waals surface area (Å²) in [5.74, 6) is 0.958. The Bertz CT molecular complexity index is 375. The number of rotatable bonds is 3. The van der Waals surface area contributed by atoms with Crippen molar-refractivity contribution >= 4 is 6.09 Å². The van der Waals surface area contributed by atoms with Gasteiger partial charge in [-0.3, -0.25) is 0 Å². The van der Waals surface area contributed by atoms with Gasteiger partial charge in [0.1, 0.15) is 6.10 Å². The minimum Gasteiger partial charge on any atom is -0.441 e. The summed E-state index contributed by atoms with van der Waals surface area (Å²) in [6, 6.07) is 9.99. The van der Waals surface area contributed by atoms with Gasteiger partial charge in [-0.25, -0.2) is 4.79 Å². The van der Waals surface area contributed by atoms with Crippen molar-refractivity contribution in [2.75, 3.05) is 6.54 Å². The van der Waals surface area contributed by atoms with Gasteiger partial charge < -0.3 is 10.1 Å². The number of ether oxygens (including phenoxy) is 1. The second-order valence-corrected chi connectivity index (χ2v) is 5.01. The molecule has 0 unspecified atom stereocenters. The molecule has 1 N–H and O–H groups in total. The molecule has 0 aromatic heterocycles. The molecule has 1 heterocycles. The smallest absolute Gasteiger partial charge is 0.407 e. The fraction of sp³-hybridized carbons (Fsp3) is 0.500. The first-order chi connectivity index (χ1) is 8.16. The van der Waals surface area contributed by atoms with Gasteiger partial charge in [0.05, 0.1) is 0 Å². The first-order valence-corrected chi connectivity index (χ1v) is 6.16. The fourth-order valence-corrected chi connectivity index (χ4v) is 2.37. The zero-order valence-corrected chi connectivity index (χ0v) is 10.3. The molecule has 1 aromatic carbocycles. The van der Waals surface area contributed by atoms with Crippen LogP contribution in [0.4, 0.5) is 4.79 Å². The maximum Gasteiger partial charge on any atom is 0.407 e. The largest absolute Gasteiger partial charge is 0.441 e. The molecule has 1 aliphatic heterocycles. The van der Waals surface area contributed by atoms with E-state index in [1.54, 1.807) is 0 Å². The van der Waals surface area contributed by atoms with Crippen molar-refractivity contribution in [3.05, 3.63) is 35.9 Å². The highest BCUT2D eigenvalue weighted by Gasteiger charge is 2.31. The van der Waals surface area contributed by atoms with E-state index in [1.807, 2.05) is 30.3 Å². The van der Waals surface area contributed by atoms with Gasteiger partial charge in [-0.2, -0.15) is 0 Å². The van der Waals surface area contributed by atoms with Gasteiger partial charge in [-0.15, -0.1) is 0 Å². The van der Waals surface area contributed by atoms with E-state index in [2.05, 4.69) is 19.2 Å². The maximum atomic E-state index is 11.3. The van der Waals surface area contributed by atoms with E-state index >= 15 is 0 Å². The normalized spacial score (nSPS) is 24.3. The van der Waals surface area contributed by atoms with Crippen molar-refractivity contribution in [2.45, 2.75) is 26.4 Å². The van der Waals surface area contributed by atoms with Crippen molar-refractivity contribution in [3.8, 4) is 0 Å². The second-order valence-electron chi connectivity index (χ2n) is 5.01. The van der Waals surface area contributed by atoms with E-state index in [9.17, 15) is 4.79 Å². The third kappa shape index (κ3) is 2.99. The lowest BCUT2D eigenvalue weighted by Crippen LogP contribution is -2.41. The molecule has 0 aliphatic carbocycles. The number of nitrogens with one attached hydrogen (secondary N) is 1. The number of hydrogen-bond acceptors (Lipinski definition) is 2. The molecule has 17 heavy (non-hydrogen) atoms. The van der Waals surface area contributed by atoms with Gasteiger partial charge in [0.2, 0.25) is 0 Å². The number of alkyl carbamates (subject to hydrolysis) is 1. The summed E-state index contributed by atoms with van der Waals surface area (Å²) in [5.41, 5.74) is 1.09. The van der Waals surface area contributed by atoms with E-state index < -0.39 is 0 Å². The highest BCUT2D eigenvalue weighted by molar-refractivity contribution is 5.68. The average molecular weight is 233 g/mol. The summed E-state index contributed by atoms with van der Waals surface area (Å²) in [6.07, 6.45) is 0.644. The predicted molar refractivity (Wildman–Crippen MR) is 66.6 cm³/mol. The van der Waals surface area contributed by atoms with Crippen molar-refractivity contribution in [2.24, 2.45) is 11.8 Å². The summed E-state index contributed by atoms with van der Waals surface area (Å²) < 4.78 is 5.44. The van der Waals surface area contributed by atoms with Gasteiger partial charge in [0.15, 0.2) is 0 Å². The van der Waals surface area contributed by atoms with E-state index in [0.29, 0.717) is 18.4 Å². The van der Waals surface area contributed by atoms with Gasteiger partial charge >= 0.3 is 6.09 Å². The lowest BCUT2D eigenvalue weighted by Gasteiger charge is -2.33. The highest BCUT2D eigenvalue weighted by atomic mass is 16.6. The Labute approximate surface area is 102 Å². The molecule has 1 fully saturated rings. The van der Waals surface area contributed by atoms with Gasteiger partial charge in [-0.1, -0.05) is 44.2 Å². The number of benzene rings is 1. The zero-order chi connectivity index (χ0) is 12.3. The summed E-state index contributed by atoms with van der Waals surface area (Å²) in [6.45, 7) is 5.09. The Morgan fingerprint density at radius 3 is 2.71 bits per heavy atom. The monoisotopic (exact) mass is 233 g/mol. The number of hydrogen-bond donors (Lipinski definition) is 1. The molecule has 0 radical (unpaired) electrons. The van der Waals surface area contributed by atoms with Gasteiger partial charge in [-0.05, 0) is 17.9 Å². The fourth-order valence-electron chi connectivity index (χ4n) is 2.37. The Balaban J connectivity index is 2.17. The van der Waals surface area contributed by atoms with Gasteiger partial charge in [0, 0.05) is 12.5 Å². The van der Waals surface area contributed by atoms with Gasteiger partial charge in [0.25, 0.3) is 0 Å². The third-order valence-electron chi connectivity index (χ3n) is 3.07. The Kier molecular flexibility index (Phi) is 3.67. The number of cyclic esters (lactones) is 1. The maximum absolute atomic E-state index is 11.3. The topological polar surface area (TPSA) is 38.3 Å². The molecule has 2 rings (SSSR count).